The Morgan fingerprint density at radius 3 is 2.47 bits per heavy atom. The fourth-order valence-corrected chi connectivity index (χ4v) is 5.11. The lowest BCUT2D eigenvalue weighted by atomic mass is 10.2. The summed E-state index contributed by atoms with van der Waals surface area (Å²) in [5, 5.41) is 0.426. The van der Waals surface area contributed by atoms with Crippen LogP contribution in [0.2, 0.25) is 10.0 Å². The Labute approximate surface area is 205 Å². The highest BCUT2D eigenvalue weighted by Crippen LogP contribution is 2.31. The summed E-state index contributed by atoms with van der Waals surface area (Å²) in [5.74, 6) is -1.52. The van der Waals surface area contributed by atoms with Crippen LogP contribution >= 0.6 is 23.2 Å². The van der Waals surface area contributed by atoms with E-state index in [1.807, 2.05) is 13.0 Å². The van der Waals surface area contributed by atoms with Gasteiger partial charge in [-0.2, -0.15) is 0 Å². The summed E-state index contributed by atoms with van der Waals surface area (Å²) in [5.41, 5.74) is 1.44. The van der Waals surface area contributed by atoms with Crippen LogP contribution in [0.5, 0.6) is 0 Å². The molecule has 34 heavy (non-hydrogen) atoms. The van der Waals surface area contributed by atoms with Crippen molar-refractivity contribution in [1.82, 2.24) is 0 Å². The van der Waals surface area contributed by atoms with Crippen LogP contribution in [-0.4, -0.2) is 26.8 Å². The zero-order chi connectivity index (χ0) is 24.5. The number of para-hydroxylation sites is 1. The zero-order valence-corrected chi connectivity index (χ0v) is 20.0. The number of rotatable bonds is 7. The lowest BCUT2D eigenvalue weighted by Crippen LogP contribution is -2.17. The van der Waals surface area contributed by atoms with Crippen molar-refractivity contribution in [1.29, 1.82) is 0 Å². The van der Waals surface area contributed by atoms with E-state index in [4.69, 9.17) is 32.4 Å². The molecule has 0 fully saturated rings. The van der Waals surface area contributed by atoms with Crippen molar-refractivity contribution in [3.05, 3.63) is 93.7 Å². The van der Waals surface area contributed by atoms with Crippen LogP contribution < -0.4 is 4.72 Å². The zero-order valence-electron chi connectivity index (χ0n) is 17.7. The minimum atomic E-state index is -4.15. The van der Waals surface area contributed by atoms with E-state index >= 15 is 0 Å². The number of aryl methyl sites for hydroxylation is 1. The predicted octanol–water partition coefficient (Wildman–Crippen LogP) is 5.89. The van der Waals surface area contributed by atoms with Gasteiger partial charge in [0.1, 0.15) is 10.5 Å². The molecule has 0 atom stereocenters. The van der Waals surface area contributed by atoms with Gasteiger partial charge in [-0.25, -0.2) is 13.2 Å². The molecule has 10 heteroatoms. The first-order chi connectivity index (χ1) is 16.1. The molecule has 4 rings (SSSR count). The Morgan fingerprint density at radius 1 is 0.971 bits per heavy atom. The summed E-state index contributed by atoms with van der Waals surface area (Å²) in [7, 11) is -4.15. The third kappa shape index (κ3) is 5.09. The summed E-state index contributed by atoms with van der Waals surface area (Å²) in [6.07, 6.45) is 0. The fraction of sp³-hybridized carbons (Fsp3) is 0.0833. The van der Waals surface area contributed by atoms with Crippen molar-refractivity contribution in [3.8, 4) is 0 Å². The van der Waals surface area contributed by atoms with Crippen LogP contribution in [0.3, 0.4) is 0 Å². The number of anilines is 1. The van der Waals surface area contributed by atoms with Gasteiger partial charge in [0.05, 0.1) is 15.6 Å². The molecular formula is C24H17Cl2NO6S. The molecule has 0 radical (unpaired) electrons. The minimum absolute atomic E-state index is 0.0295. The van der Waals surface area contributed by atoms with E-state index in [0.29, 0.717) is 11.3 Å². The third-order valence-corrected chi connectivity index (χ3v) is 6.99. The predicted molar refractivity (Wildman–Crippen MR) is 129 cm³/mol. The Bertz CT molecular complexity index is 1490. The molecule has 1 aromatic heterocycles. The molecule has 1 heterocycles. The summed E-state index contributed by atoms with van der Waals surface area (Å²) in [6, 6.07) is 17.5. The number of halogens is 2. The number of esters is 1. The number of ketones is 1. The van der Waals surface area contributed by atoms with Crippen molar-refractivity contribution in [2.24, 2.45) is 0 Å². The number of fused-ring (bicyclic) bond motifs is 1. The SMILES string of the molecule is Cc1cccc(NS(=O)(=O)c2cc(C(=O)OCC(=O)c3cc4ccccc4o3)c(Cl)cc2Cl)c1. The van der Waals surface area contributed by atoms with Gasteiger partial charge in [-0.3, -0.25) is 9.52 Å². The van der Waals surface area contributed by atoms with Gasteiger partial charge in [-0.1, -0.05) is 53.5 Å². The van der Waals surface area contributed by atoms with Gasteiger partial charge >= 0.3 is 5.97 Å². The first kappa shape index (κ1) is 23.8. The fourth-order valence-electron chi connectivity index (χ4n) is 3.21. The van der Waals surface area contributed by atoms with Crippen LogP contribution in [-0.2, 0) is 14.8 Å². The van der Waals surface area contributed by atoms with E-state index in [1.165, 1.54) is 0 Å². The van der Waals surface area contributed by atoms with Crippen LogP contribution in [0, 0.1) is 6.92 Å². The number of carbonyl (C=O) groups is 2. The molecule has 3 aromatic carbocycles. The quantitative estimate of drug-likeness (QED) is 0.242. The molecule has 0 saturated heterocycles. The van der Waals surface area contributed by atoms with Crippen molar-refractivity contribution >= 4 is 61.6 Å². The lowest BCUT2D eigenvalue weighted by Gasteiger charge is -2.12. The molecule has 7 nitrogen and oxygen atoms in total. The van der Waals surface area contributed by atoms with Gasteiger partial charge in [-0.05, 0) is 48.9 Å². The molecule has 0 amide bonds. The number of Topliss-reactive ketones (excluding diaryl/α,β-unsaturated/α-hetero) is 1. The second kappa shape index (κ2) is 9.50. The molecule has 0 unspecified atom stereocenters. The molecule has 0 saturated carbocycles. The van der Waals surface area contributed by atoms with Crippen molar-refractivity contribution in [2.75, 3.05) is 11.3 Å². The van der Waals surface area contributed by atoms with Gasteiger partial charge in [0.15, 0.2) is 12.4 Å². The third-order valence-electron chi connectivity index (χ3n) is 4.84. The van der Waals surface area contributed by atoms with Gasteiger partial charge in [0, 0.05) is 11.1 Å². The number of nitrogens with one attached hydrogen (secondary N) is 1. The van der Waals surface area contributed by atoms with Crippen LogP contribution in [0.25, 0.3) is 11.0 Å². The van der Waals surface area contributed by atoms with Gasteiger partial charge in [-0.15, -0.1) is 0 Å². The summed E-state index contributed by atoms with van der Waals surface area (Å²) in [6.45, 7) is 1.19. The molecule has 0 bridgehead atoms. The average Bonchev–Trinajstić information content (AvgIpc) is 3.21. The van der Waals surface area contributed by atoms with E-state index in [-0.39, 0.29) is 26.3 Å². The Hall–Kier alpha value is -3.33. The highest BCUT2D eigenvalue weighted by atomic mass is 35.5. The summed E-state index contributed by atoms with van der Waals surface area (Å²) < 4.78 is 38.7. The molecule has 1 N–H and O–H groups in total. The van der Waals surface area contributed by atoms with Crippen molar-refractivity contribution in [3.63, 3.8) is 0 Å². The number of sulfonamides is 1. The number of ether oxygens (including phenoxy) is 1. The second-order valence-electron chi connectivity index (χ2n) is 7.39. The molecule has 4 aromatic rings. The lowest BCUT2D eigenvalue weighted by molar-refractivity contribution is 0.0468. The largest absolute Gasteiger partial charge is 0.454 e. The maximum Gasteiger partial charge on any atom is 0.340 e. The number of carbonyl (C=O) groups excluding carboxylic acids is 2. The monoisotopic (exact) mass is 517 g/mol. The molecule has 0 spiro atoms. The normalized spacial score (nSPS) is 11.4. The molecule has 0 aliphatic carbocycles. The van der Waals surface area contributed by atoms with E-state index in [0.717, 1.165) is 23.1 Å². The first-order valence-corrected chi connectivity index (χ1v) is 12.2. The standard InChI is InChI=1S/C24H17Cl2NO6S/c1-14-5-4-7-16(9-14)27-34(30,31)23-11-17(18(25)12-19(23)26)24(29)32-13-20(28)22-10-15-6-2-3-8-21(15)33-22/h2-12,27H,13H2,1H3. The highest BCUT2D eigenvalue weighted by Gasteiger charge is 2.24. The van der Waals surface area contributed by atoms with E-state index in [2.05, 4.69) is 4.72 Å². The summed E-state index contributed by atoms with van der Waals surface area (Å²) in [4.78, 5) is 24.7. The molecule has 174 valence electrons. The second-order valence-corrected chi connectivity index (χ2v) is 9.85. The minimum Gasteiger partial charge on any atom is -0.454 e. The number of furan rings is 1. The van der Waals surface area contributed by atoms with Gasteiger partial charge < -0.3 is 9.15 Å². The Morgan fingerprint density at radius 2 is 1.74 bits per heavy atom. The van der Waals surface area contributed by atoms with E-state index < -0.39 is 28.4 Å². The number of hydrogen-bond donors (Lipinski definition) is 1. The maximum absolute atomic E-state index is 12.9. The van der Waals surface area contributed by atoms with Crippen molar-refractivity contribution < 1.29 is 27.2 Å². The Kier molecular flexibility index (Phi) is 6.65. The van der Waals surface area contributed by atoms with E-state index in [1.54, 1.807) is 48.5 Å². The van der Waals surface area contributed by atoms with Crippen LogP contribution in [0.4, 0.5) is 5.69 Å². The van der Waals surface area contributed by atoms with Crippen LogP contribution in [0.15, 0.2) is 76.0 Å². The smallest absolute Gasteiger partial charge is 0.340 e. The van der Waals surface area contributed by atoms with Gasteiger partial charge in [0.25, 0.3) is 10.0 Å². The number of hydrogen-bond acceptors (Lipinski definition) is 6. The molecular weight excluding hydrogens is 501 g/mol. The van der Waals surface area contributed by atoms with Crippen molar-refractivity contribution in [2.45, 2.75) is 11.8 Å². The van der Waals surface area contributed by atoms with E-state index in [9.17, 15) is 18.0 Å². The molecule has 0 aliphatic heterocycles. The molecule has 0 aliphatic rings. The van der Waals surface area contributed by atoms with Crippen LogP contribution in [0.1, 0.15) is 26.5 Å². The first-order valence-electron chi connectivity index (χ1n) is 9.91. The average molecular weight is 518 g/mol. The highest BCUT2D eigenvalue weighted by molar-refractivity contribution is 7.92. The maximum atomic E-state index is 12.9. The topological polar surface area (TPSA) is 103 Å². The Balaban J connectivity index is 1.53. The number of benzene rings is 3. The van der Waals surface area contributed by atoms with Gasteiger partial charge in [0.2, 0.25) is 5.78 Å². The summed E-state index contributed by atoms with van der Waals surface area (Å²) >= 11 is 12.2.